The highest BCUT2D eigenvalue weighted by Crippen LogP contribution is 2.15. The largest absolute Gasteiger partial charge is 0.481 e. The van der Waals surface area contributed by atoms with Crippen molar-refractivity contribution in [2.75, 3.05) is 31.1 Å². The van der Waals surface area contributed by atoms with Gasteiger partial charge in [0.2, 0.25) is 0 Å². The number of rotatable bonds is 6. The number of carbonyl (C=O) groups is 1. The molecule has 15 heavy (non-hydrogen) atoms. The molecule has 1 N–H and O–H groups in total. The average molecular weight is 235 g/mol. The van der Waals surface area contributed by atoms with Gasteiger partial charge in [0.15, 0.2) is 0 Å². The Labute approximate surface area is 90.0 Å². The van der Waals surface area contributed by atoms with Gasteiger partial charge in [-0.05, 0) is 13.0 Å². The predicted molar refractivity (Wildman–Crippen MR) is 56.5 cm³/mol. The summed E-state index contributed by atoms with van der Waals surface area (Å²) in [5.41, 5.74) is 0. The van der Waals surface area contributed by atoms with Crippen molar-refractivity contribution in [1.82, 2.24) is 4.90 Å². The summed E-state index contributed by atoms with van der Waals surface area (Å²) in [6, 6.07) is 0. The quantitative estimate of drug-likeness (QED) is 0.691. The van der Waals surface area contributed by atoms with Gasteiger partial charge < -0.3 is 10.0 Å². The molecule has 88 valence electrons. The van der Waals surface area contributed by atoms with Crippen molar-refractivity contribution in [2.45, 2.75) is 13.3 Å². The number of carboxylic acid groups (broad SMARTS) is 1. The van der Waals surface area contributed by atoms with Crippen molar-refractivity contribution in [2.24, 2.45) is 5.92 Å². The molecule has 6 heteroatoms. The van der Waals surface area contributed by atoms with Crippen LogP contribution in [-0.4, -0.2) is 55.5 Å². The first-order chi connectivity index (χ1) is 6.94. The summed E-state index contributed by atoms with van der Waals surface area (Å²) < 4.78 is 22.3. The Morgan fingerprint density at radius 2 is 2.07 bits per heavy atom. The topological polar surface area (TPSA) is 74.7 Å². The number of hydrogen-bond donors (Lipinski definition) is 1. The molecule has 0 bridgehead atoms. The molecule has 1 aliphatic rings. The average Bonchev–Trinajstić information content (AvgIpc) is 2.08. The lowest BCUT2D eigenvalue weighted by molar-refractivity contribution is -0.147. The van der Waals surface area contributed by atoms with Crippen LogP contribution < -0.4 is 0 Å². The van der Waals surface area contributed by atoms with Gasteiger partial charge in [-0.1, -0.05) is 6.92 Å². The zero-order chi connectivity index (χ0) is 11.5. The van der Waals surface area contributed by atoms with Gasteiger partial charge in [-0.3, -0.25) is 4.79 Å². The summed E-state index contributed by atoms with van der Waals surface area (Å²) in [5.74, 6) is -0.622. The van der Waals surface area contributed by atoms with Crippen molar-refractivity contribution in [1.29, 1.82) is 0 Å². The molecule has 0 atom stereocenters. The van der Waals surface area contributed by atoms with Gasteiger partial charge in [0.25, 0.3) is 0 Å². The normalized spacial score (nSPS) is 18.7. The van der Waals surface area contributed by atoms with E-state index < -0.39 is 15.8 Å². The molecule has 0 saturated carbocycles. The smallest absolute Gasteiger partial charge is 0.309 e. The van der Waals surface area contributed by atoms with Crippen molar-refractivity contribution in [3.8, 4) is 0 Å². The molecule has 0 amide bonds. The number of sulfone groups is 1. The molecule has 0 radical (unpaired) electrons. The Bertz CT molecular complexity index is 319. The van der Waals surface area contributed by atoms with Crippen LogP contribution in [0.15, 0.2) is 0 Å². The first-order valence-electron chi connectivity index (χ1n) is 5.10. The van der Waals surface area contributed by atoms with Gasteiger partial charge in [0.05, 0.1) is 11.7 Å². The Morgan fingerprint density at radius 3 is 2.53 bits per heavy atom. The first kappa shape index (κ1) is 12.4. The molecule has 1 heterocycles. The lowest BCUT2D eigenvalue weighted by atomic mass is 10.0. The van der Waals surface area contributed by atoms with Crippen LogP contribution in [0.25, 0.3) is 0 Å². The summed E-state index contributed by atoms with van der Waals surface area (Å²) in [6.07, 6.45) is 0.600. The van der Waals surface area contributed by atoms with E-state index in [0.29, 0.717) is 26.1 Å². The fourth-order valence-corrected chi connectivity index (χ4v) is 2.42. The van der Waals surface area contributed by atoms with Gasteiger partial charge in [0, 0.05) is 18.8 Å². The lowest BCUT2D eigenvalue weighted by Gasteiger charge is -2.36. The minimum absolute atomic E-state index is 0.185. The SMILES string of the molecule is CCS(=O)(=O)CCCN1CC(C(=O)O)C1. The van der Waals surface area contributed by atoms with E-state index in [-0.39, 0.29) is 17.4 Å². The number of nitrogens with zero attached hydrogens (tertiary/aromatic N) is 1. The summed E-state index contributed by atoms with van der Waals surface area (Å²) in [4.78, 5) is 12.5. The second-order valence-corrected chi connectivity index (χ2v) is 6.36. The Morgan fingerprint density at radius 1 is 1.47 bits per heavy atom. The maximum atomic E-state index is 11.1. The molecule has 0 aliphatic carbocycles. The number of carboxylic acids is 1. The number of hydrogen-bond acceptors (Lipinski definition) is 4. The van der Waals surface area contributed by atoms with Gasteiger partial charge in [-0.2, -0.15) is 0 Å². The zero-order valence-corrected chi connectivity index (χ0v) is 9.66. The molecule has 0 aromatic carbocycles. The second kappa shape index (κ2) is 4.94. The van der Waals surface area contributed by atoms with Crippen molar-refractivity contribution in [3.63, 3.8) is 0 Å². The minimum atomic E-state index is -2.87. The van der Waals surface area contributed by atoms with Crippen LogP contribution in [0.3, 0.4) is 0 Å². The van der Waals surface area contributed by atoms with Crippen molar-refractivity contribution >= 4 is 15.8 Å². The third-order valence-electron chi connectivity index (χ3n) is 2.68. The molecule has 0 unspecified atom stereocenters. The van der Waals surface area contributed by atoms with Crippen LogP contribution in [0.4, 0.5) is 0 Å². The summed E-state index contributed by atoms with van der Waals surface area (Å²) >= 11 is 0. The van der Waals surface area contributed by atoms with Crippen molar-refractivity contribution < 1.29 is 18.3 Å². The third kappa shape index (κ3) is 3.79. The highest BCUT2D eigenvalue weighted by molar-refractivity contribution is 7.91. The van der Waals surface area contributed by atoms with E-state index in [9.17, 15) is 13.2 Å². The highest BCUT2D eigenvalue weighted by Gasteiger charge is 2.31. The maximum Gasteiger partial charge on any atom is 0.309 e. The summed E-state index contributed by atoms with van der Waals surface area (Å²) in [7, 11) is -2.87. The Hall–Kier alpha value is -0.620. The van der Waals surface area contributed by atoms with Crippen LogP contribution in [0.1, 0.15) is 13.3 Å². The molecule has 1 saturated heterocycles. The fourth-order valence-electron chi connectivity index (χ4n) is 1.56. The van der Waals surface area contributed by atoms with E-state index in [1.165, 1.54) is 0 Å². The van der Waals surface area contributed by atoms with E-state index in [2.05, 4.69) is 0 Å². The summed E-state index contributed by atoms with van der Waals surface area (Å²) in [5, 5.41) is 8.62. The molecular formula is C9H17NO4S. The zero-order valence-electron chi connectivity index (χ0n) is 8.85. The van der Waals surface area contributed by atoms with E-state index in [4.69, 9.17) is 5.11 Å². The fraction of sp³-hybridized carbons (Fsp3) is 0.889. The van der Waals surface area contributed by atoms with E-state index in [1.54, 1.807) is 6.92 Å². The standard InChI is InChI=1S/C9H17NO4S/c1-2-15(13,14)5-3-4-10-6-8(7-10)9(11)12/h8H,2-7H2,1H3,(H,11,12). The van der Waals surface area contributed by atoms with Gasteiger partial charge >= 0.3 is 5.97 Å². The lowest BCUT2D eigenvalue weighted by Crippen LogP contribution is -2.50. The monoisotopic (exact) mass is 235 g/mol. The third-order valence-corrected chi connectivity index (χ3v) is 4.47. The molecule has 5 nitrogen and oxygen atoms in total. The Kier molecular flexibility index (Phi) is 4.10. The molecule has 1 aliphatic heterocycles. The van der Waals surface area contributed by atoms with Crippen LogP contribution in [-0.2, 0) is 14.6 Å². The number of aliphatic carboxylic acids is 1. The van der Waals surface area contributed by atoms with Gasteiger partial charge in [0.1, 0.15) is 9.84 Å². The van der Waals surface area contributed by atoms with E-state index >= 15 is 0 Å². The molecule has 0 aromatic heterocycles. The number of likely N-dealkylation sites (tertiary alicyclic amines) is 1. The molecule has 1 fully saturated rings. The van der Waals surface area contributed by atoms with Crippen LogP contribution in [0, 0.1) is 5.92 Å². The van der Waals surface area contributed by atoms with Crippen LogP contribution in [0.5, 0.6) is 0 Å². The summed E-state index contributed by atoms with van der Waals surface area (Å²) in [6.45, 7) is 3.44. The first-order valence-corrected chi connectivity index (χ1v) is 6.92. The predicted octanol–water partition coefficient (Wildman–Crippen LogP) is -0.172. The second-order valence-electron chi connectivity index (χ2n) is 3.88. The van der Waals surface area contributed by atoms with Crippen LogP contribution in [0.2, 0.25) is 0 Å². The molecule has 0 aromatic rings. The minimum Gasteiger partial charge on any atom is -0.481 e. The highest BCUT2D eigenvalue weighted by atomic mass is 32.2. The molecule has 1 rings (SSSR count). The van der Waals surface area contributed by atoms with E-state index in [0.717, 1.165) is 0 Å². The maximum absolute atomic E-state index is 11.1. The van der Waals surface area contributed by atoms with E-state index in [1.807, 2.05) is 4.90 Å². The van der Waals surface area contributed by atoms with Crippen molar-refractivity contribution in [3.05, 3.63) is 0 Å². The molecular weight excluding hydrogens is 218 g/mol. The Balaban J connectivity index is 2.12. The van der Waals surface area contributed by atoms with Gasteiger partial charge in [-0.25, -0.2) is 8.42 Å². The molecule has 0 spiro atoms. The van der Waals surface area contributed by atoms with Gasteiger partial charge in [-0.15, -0.1) is 0 Å². The van der Waals surface area contributed by atoms with Crippen LogP contribution >= 0.6 is 0 Å².